The maximum Gasteiger partial charge on any atom is 0.313 e. The van der Waals surface area contributed by atoms with E-state index in [1.54, 1.807) is 24.3 Å². The molecular weight excluding hydrogens is 284 g/mol. The molecule has 1 rings (SSSR count). The van der Waals surface area contributed by atoms with E-state index in [4.69, 9.17) is 0 Å². The molecule has 3 N–H and O–H groups in total. The standard InChI is InChI=1S/C15H22N4O3/c1-11(20)17-12-5-7-13(8-6-12)18-15(22)14(21)16-9-4-10-19(2)3/h5-8H,4,9-10H2,1-3H3,(H,16,21)(H,17,20)(H,18,22). The normalized spacial score (nSPS) is 10.2. The van der Waals surface area contributed by atoms with Gasteiger partial charge >= 0.3 is 11.8 Å². The van der Waals surface area contributed by atoms with Gasteiger partial charge in [0.05, 0.1) is 0 Å². The summed E-state index contributed by atoms with van der Waals surface area (Å²) in [6.45, 7) is 2.70. The van der Waals surface area contributed by atoms with Crippen molar-refractivity contribution in [1.29, 1.82) is 0 Å². The number of carbonyl (C=O) groups is 3. The Morgan fingerprint density at radius 3 is 2.00 bits per heavy atom. The lowest BCUT2D eigenvalue weighted by Crippen LogP contribution is -2.36. The number of carbonyl (C=O) groups excluding carboxylic acids is 3. The van der Waals surface area contributed by atoms with E-state index >= 15 is 0 Å². The van der Waals surface area contributed by atoms with E-state index in [0.717, 1.165) is 13.0 Å². The van der Waals surface area contributed by atoms with Crippen molar-refractivity contribution in [2.75, 3.05) is 37.8 Å². The van der Waals surface area contributed by atoms with Crippen molar-refractivity contribution in [3.8, 4) is 0 Å². The van der Waals surface area contributed by atoms with E-state index in [1.165, 1.54) is 6.92 Å². The molecule has 0 fully saturated rings. The Hall–Kier alpha value is -2.41. The molecule has 0 saturated heterocycles. The Bertz CT molecular complexity index is 526. The smallest absolute Gasteiger partial charge is 0.313 e. The summed E-state index contributed by atoms with van der Waals surface area (Å²) < 4.78 is 0. The van der Waals surface area contributed by atoms with Gasteiger partial charge in [-0.2, -0.15) is 0 Å². The number of anilines is 2. The van der Waals surface area contributed by atoms with Crippen molar-refractivity contribution < 1.29 is 14.4 Å². The van der Waals surface area contributed by atoms with Crippen LogP contribution in [0.5, 0.6) is 0 Å². The molecule has 0 unspecified atom stereocenters. The van der Waals surface area contributed by atoms with Gasteiger partial charge in [-0.25, -0.2) is 0 Å². The van der Waals surface area contributed by atoms with Crippen LogP contribution in [-0.4, -0.2) is 49.8 Å². The SMILES string of the molecule is CC(=O)Nc1ccc(NC(=O)C(=O)NCCCN(C)C)cc1. The summed E-state index contributed by atoms with van der Waals surface area (Å²) in [6, 6.07) is 6.52. The molecule has 1 aromatic carbocycles. The highest BCUT2D eigenvalue weighted by molar-refractivity contribution is 6.39. The number of benzene rings is 1. The van der Waals surface area contributed by atoms with Gasteiger partial charge in [0.2, 0.25) is 5.91 Å². The minimum atomic E-state index is -0.711. The highest BCUT2D eigenvalue weighted by atomic mass is 16.2. The average Bonchev–Trinajstić information content (AvgIpc) is 2.44. The van der Waals surface area contributed by atoms with Crippen LogP contribution in [0.3, 0.4) is 0 Å². The summed E-state index contributed by atoms with van der Waals surface area (Å²) in [5.74, 6) is -1.55. The van der Waals surface area contributed by atoms with Gasteiger partial charge in [0.1, 0.15) is 0 Å². The first-order chi connectivity index (χ1) is 10.4. The molecule has 0 heterocycles. The van der Waals surface area contributed by atoms with Crippen LogP contribution in [0.1, 0.15) is 13.3 Å². The molecule has 0 aliphatic carbocycles. The summed E-state index contributed by atoms with van der Waals surface area (Å²) in [4.78, 5) is 36.2. The minimum absolute atomic E-state index is 0.172. The fourth-order valence-electron chi connectivity index (χ4n) is 1.71. The second-order valence-electron chi connectivity index (χ2n) is 5.13. The summed E-state index contributed by atoms with van der Waals surface area (Å²) in [7, 11) is 3.89. The maximum atomic E-state index is 11.7. The highest BCUT2D eigenvalue weighted by Gasteiger charge is 2.12. The predicted molar refractivity (Wildman–Crippen MR) is 85.6 cm³/mol. The number of nitrogens with one attached hydrogen (secondary N) is 3. The topological polar surface area (TPSA) is 90.5 Å². The minimum Gasteiger partial charge on any atom is -0.348 e. The van der Waals surface area contributed by atoms with Crippen LogP contribution >= 0.6 is 0 Å². The molecule has 0 atom stereocenters. The molecule has 1 aromatic rings. The molecular formula is C15H22N4O3. The molecule has 120 valence electrons. The van der Waals surface area contributed by atoms with E-state index in [2.05, 4.69) is 16.0 Å². The third-order valence-corrected chi connectivity index (χ3v) is 2.74. The van der Waals surface area contributed by atoms with Crippen LogP contribution in [0.2, 0.25) is 0 Å². The Balaban J connectivity index is 2.40. The molecule has 3 amide bonds. The second kappa shape index (κ2) is 8.78. The first kappa shape index (κ1) is 17.6. The summed E-state index contributed by atoms with van der Waals surface area (Å²) >= 11 is 0. The van der Waals surface area contributed by atoms with Gasteiger partial charge in [0.25, 0.3) is 0 Å². The lowest BCUT2D eigenvalue weighted by Gasteiger charge is -2.10. The molecule has 0 bridgehead atoms. The van der Waals surface area contributed by atoms with E-state index in [9.17, 15) is 14.4 Å². The second-order valence-corrected chi connectivity index (χ2v) is 5.13. The molecule has 7 heteroatoms. The lowest BCUT2D eigenvalue weighted by atomic mass is 10.2. The fourth-order valence-corrected chi connectivity index (χ4v) is 1.71. The fraction of sp³-hybridized carbons (Fsp3) is 0.400. The van der Waals surface area contributed by atoms with Crippen LogP contribution in [0.4, 0.5) is 11.4 Å². The van der Waals surface area contributed by atoms with Crippen LogP contribution in [0.15, 0.2) is 24.3 Å². The number of hydrogen-bond donors (Lipinski definition) is 3. The first-order valence-corrected chi connectivity index (χ1v) is 7.00. The first-order valence-electron chi connectivity index (χ1n) is 7.00. The van der Waals surface area contributed by atoms with Gasteiger partial charge in [-0.3, -0.25) is 14.4 Å². The molecule has 0 aromatic heterocycles. The molecule has 0 spiro atoms. The highest BCUT2D eigenvalue weighted by Crippen LogP contribution is 2.13. The molecule has 0 radical (unpaired) electrons. The monoisotopic (exact) mass is 306 g/mol. The Kier molecular flexibility index (Phi) is 7.04. The van der Waals surface area contributed by atoms with Crippen LogP contribution in [0.25, 0.3) is 0 Å². The van der Waals surface area contributed by atoms with Gasteiger partial charge in [-0.05, 0) is 51.3 Å². The molecule has 0 saturated carbocycles. The molecule has 22 heavy (non-hydrogen) atoms. The van der Waals surface area contributed by atoms with Crippen molar-refractivity contribution in [2.45, 2.75) is 13.3 Å². The number of nitrogens with zero attached hydrogens (tertiary/aromatic N) is 1. The van der Waals surface area contributed by atoms with E-state index < -0.39 is 11.8 Å². The number of hydrogen-bond acceptors (Lipinski definition) is 4. The van der Waals surface area contributed by atoms with Crippen LogP contribution in [-0.2, 0) is 14.4 Å². The Labute approximate surface area is 130 Å². The van der Waals surface area contributed by atoms with Crippen molar-refractivity contribution in [1.82, 2.24) is 10.2 Å². The Morgan fingerprint density at radius 2 is 1.50 bits per heavy atom. The summed E-state index contributed by atoms with van der Waals surface area (Å²) in [5, 5.41) is 7.68. The van der Waals surface area contributed by atoms with Crippen molar-refractivity contribution in [3.05, 3.63) is 24.3 Å². The summed E-state index contributed by atoms with van der Waals surface area (Å²) in [6.07, 6.45) is 0.775. The summed E-state index contributed by atoms with van der Waals surface area (Å²) in [5.41, 5.74) is 1.11. The molecule has 7 nitrogen and oxygen atoms in total. The quantitative estimate of drug-likeness (QED) is 0.532. The maximum absolute atomic E-state index is 11.7. The third kappa shape index (κ3) is 6.85. The molecule has 0 aliphatic rings. The van der Waals surface area contributed by atoms with Gasteiger partial charge in [0.15, 0.2) is 0 Å². The van der Waals surface area contributed by atoms with Crippen molar-refractivity contribution in [2.24, 2.45) is 0 Å². The zero-order valence-electron chi connectivity index (χ0n) is 13.1. The van der Waals surface area contributed by atoms with Gasteiger partial charge in [-0.1, -0.05) is 0 Å². The van der Waals surface area contributed by atoms with Crippen LogP contribution < -0.4 is 16.0 Å². The molecule has 0 aliphatic heterocycles. The predicted octanol–water partition coefficient (Wildman–Crippen LogP) is 0.651. The van der Waals surface area contributed by atoms with E-state index in [1.807, 2.05) is 19.0 Å². The Morgan fingerprint density at radius 1 is 0.955 bits per heavy atom. The zero-order chi connectivity index (χ0) is 16.5. The van der Waals surface area contributed by atoms with E-state index in [0.29, 0.717) is 17.9 Å². The van der Waals surface area contributed by atoms with Crippen LogP contribution in [0, 0.1) is 0 Å². The van der Waals surface area contributed by atoms with Gasteiger partial charge in [-0.15, -0.1) is 0 Å². The third-order valence-electron chi connectivity index (χ3n) is 2.74. The van der Waals surface area contributed by atoms with Gasteiger partial charge < -0.3 is 20.9 Å². The number of amides is 3. The van der Waals surface area contributed by atoms with Crippen molar-refractivity contribution >= 4 is 29.1 Å². The number of rotatable bonds is 6. The van der Waals surface area contributed by atoms with E-state index in [-0.39, 0.29) is 5.91 Å². The average molecular weight is 306 g/mol. The van der Waals surface area contributed by atoms with Gasteiger partial charge in [0, 0.05) is 24.8 Å². The largest absolute Gasteiger partial charge is 0.348 e. The lowest BCUT2D eigenvalue weighted by molar-refractivity contribution is -0.136. The zero-order valence-corrected chi connectivity index (χ0v) is 13.1. The van der Waals surface area contributed by atoms with Crippen molar-refractivity contribution in [3.63, 3.8) is 0 Å².